The molecule has 2 heterocycles. The SMILES string of the molecule is Cn1ccc(C(=O)NC2CCCN(CC3CCCCC3)C2)n1. The highest BCUT2D eigenvalue weighted by Gasteiger charge is 2.25. The molecule has 22 heavy (non-hydrogen) atoms. The highest BCUT2D eigenvalue weighted by molar-refractivity contribution is 5.92. The summed E-state index contributed by atoms with van der Waals surface area (Å²) in [5, 5.41) is 7.34. The van der Waals surface area contributed by atoms with Gasteiger partial charge in [-0.25, -0.2) is 0 Å². The molecule has 1 N–H and O–H groups in total. The molecular weight excluding hydrogens is 276 g/mol. The second kappa shape index (κ2) is 7.27. The number of hydrogen-bond acceptors (Lipinski definition) is 3. The third-order valence-electron chi connectivity index (χ3n) is 5.03. The summed E-state index contributed by atoms with van der Waals surface area (Å²) in [6.45, 7) is 3.40. The summed E-state index contributed by atoms with van der Waals surface area (Å²) in [6.07, 6.45) is 11.1. The summed E-state index contributed by atoms with van der Waals surface area (Å²) in [4.78, 5) is 14.8. The number of nitrogens with one attached hydrogen (secondary N) is 1. The van der Waals surface area contributed by atoms with E-state index in [4.69, 9.17) is 0 Å². The molecule has 3 rings (SSSR count). The first-order chi connectivity index (χ1) is 10.7. The van der Waals surface area contributed by atoms with E-state index in [2.05, 4.69) is 15.3 Å². The van der Waals surface area contributed by atoms with Crippen molar-refractivity contribution >= 4 is 5.91 Å². The van der Waals surface area contributed by atoms with Crippen LogP contribution < -0.4 is 5.32 Å². The lowest BCUT2D eigenvalue weighted by Gasteiger charge is -2.36. The minimum atomic E-state index is -0.0369. The van der Waals surface area contributed by atoms with Crippen LogP contribution in [0.2, 0.25) is 0 Å². The Morgan fingerprint density at radius 3 is 2.82 bits per heavy atom. The van der Waals surface area contributed by atoms with Gasteiger partial charge in [0.05, 0.1) is 0 Å². The lowest BCUT2D eigenvalue weighted by Crippen LogP contribution is -2.49. The predicted octanol–water partition coefficient (Wildman–Crippen LogP) is 2.19. The number of carbonyl (C=O) groups excluding carboxylic acids is 1. The van der Waals surface area contributed by atoms with Crippen LogP contribution in [0.4, 0.5) is 0 Å². The Hall–Kier alpha value is -1.36. The molecule has 0 radical (unpaired) electrons. The van der Waals surface area contributed by atoms with Gasteiger partial charge in [-0.05, 0) is 44.2 Å². The van der Waals surface area contributed by atoms with Crippen LogP contribution >= 0.6 is 0 Å². The summed E-state index contributed by atoms with van der Waals surface area (Å²) < 4.78 is 1.67. The molecule has 122 valence electrons. The molecule has 1 atom stereocenters. The van der Waals surface area contributed by atoms with Crippen molar-refractivity contribution in [2.75, 3.05) is 19.6 Å². The summed E-state index contributed by atoms with van der Waals surface area (Å²) >= 11 is 0. The van der Waals surface area contributed by atoms with Crippen LogP contribution in [-0.2, 0) is 7.05 Å². The molecule has 0 bridgehead atoms. The first-order valence-corrected chi connectivity index (χ1v) is 8.73. The van der Waals surface area contributed by atoms with Crippen molar-refractivity contribution in [1.82, 2.24) is 20.0 Å². The quantitative estimate of drug-likeness (QED) is 0.928. The Bertz CT molecular complexity index is 493. The van der Waals surface area contributed by atoms with Crippen LogP contribution in [-0.4, -0.2) is 46.3 Å². The number of aromatic nitrogens is 2. The van der Waals surface area contributed by atoms with Crippen LogP contribution in [0.5, 0.6) is 0 Å². The van der Waals surface area contributed by atoms with Crippen LogP contribution in [0.15, 0.2) is 12.3 Å². The summed E-state index contributed by atoms with van der Waals surface area (Å²) in [5.41, 5.74) is 0.520. The van der Waals surface area contributed by atoms with Crippen molar-refractivity contribution < 1.29 is 4.79 Å². The largest absolute Gasteiger partial charge is 0.347 e. The molecule has 2 aliphatic rings. The lowest BCUT2D eigenvalue weighted by molar-refractivity contribution is 0.0884. The van der Waals surface area contributed by atoms with Gasteiger partial charge >= 0.3 is 0 Å². The van der Waals surface area contributed by atoms with Gasteiger partial charge in [-0.2, -0.15) is 5.10 Å². The smallest absolute Gasteiger partial charge is 0.272 e. The van der Waals surface area contributed by atoms with Gasteiger partial charge in [-0.15, -0.1) is 0 Å². The van der Waals surface area contributed by atoms with Gasteiger partial charge in [0.15, 0.2) is 0 Å². The van der Waals surface area contributed by atoms with Crippen molar-refractivity contribution in [3.8, 4) is 0 Å². The fourth-order valence-electron chi connectivity index (χ4n) is 3.87. The predicted molar refractivity (Wildman–Crippen MR) is 86.7 cm³/mol. The first kappa shape index (κ1) is 15.5. The van der Waals surface area contributed by atoms with Gasteiger partial charge < -0.3 is 10.2 Å². The molecule has 5 nitrogen and oxygen atoms in total. The topological polar surface area (TPSA) is 50.2 Å². The van der Waals surface area contributed by atoms with Crippen LogP contribution in [0.3, 0.4) is 0 Å². The van der Waals surface area contributed by atoms with Crippen molar-refractivity contribution in [1.29, 1.82) is 0 Å². The van der Waals surface area contributed by atoms with Crippen LogP contribution in [0.25, 0.3) is 0 Å². The average molecular weight is 304 g/mol. The number of likely N-dealkylation sites (tertiary alicyclic amines) is 1. The maximum atomic E-state index is 12.2. The maximum Gasteiger partial charge on any atom is 0.272 e. The van der Waals surface area contributed by atoms with Gasteiger partial charge in [0.1, 0.15) is 5.69 Å². The molecule has 1 aliphatic heterocycles. The molecule has 1 aromatic heterocycles. The second-order valence-corrected chi connectivity index (χ2v) is 6.95. The standard InChI is InChI=1S/C17H28N4O/c1-20-11-9-16(19-20)17(22)18-15-8-5-10-21(13-15)12-14-6-3-2-4-7-14/h9,11,14-15H,2-8,10,12-13H2,1H3,(H,18,22). The zero-order valence-electron chi connectivity index (χ0n) is 13.6. The highest BCUT2D eigenvalue weighted by Crippen LogP contribution is 2.25. The summed E-state index contributed by atoms with van der Waals surface area (Å²) in [5.74, 6) is 0.837. The number of rotatable bonds is 4. The highest BCUT2D eigenvalue weighted by atomic mass is 16.2. The van der Waals surface area contributed by atoms with Crippen molar-refractivity contribution in [2.45, 2.75) is 51.0 Å². The van der Waals surface area contributed by atoms with E-state index in [1.165, 1.54) is 51.6 Å². The Labute approximate surface area is 133 Å². The van der Waals surface area contributed by atoms with Gasteiger partial charge in [-0.3, -0.25) is 9.48 Å². The molecule has 2 fully saturated rings. The molecule has 5 heteroatoms. The van der Waals surface area contributed by atoms with Crippen molar-refractivity contribution in [2.24, 2.45) is 13.0 Å². The fraction of sp³-hybridized carbons (Fsp3) is 0.765. The normalized spacial score (nSPS) is 24.3. The third-order valence-corrected chi connectivity index (χ3v) is 5.03. The Morgan fingerprint density at radius 1 is 1.27 bits per heavy atom. The van der Waals surface area contributed by atoms with Gasteiger partial charge in [-0.1, -0.05) is 19.3 Å². The van der Waals surface area contributed by atoms with Gasteiger partial charge in [0.2, 0.25) is 0 Å². The van der Waals surface area contributed by atoms with E-state index >= 15 is 0 Å². The summed E-state index contributed by atoms with van der Waals surface area (Å²) in [6, 6.07) is 2.05. The average Bonchev–Trinajstić information content (AvgIpc) is 2.95. The number of amides is 1. The number of aryl methyl sites for hydroxylation is 1. The number of nitrogens with zero attached hydrogens (tertiary/aromatic N) is 3. The Morgan fingerprint density at radius 2 is 2.09 bits per heavy atom. The van der Waals surface area contributed by atoms with E-state index in [-0.39, 0.29) is 11.9 Å². The Balaban J connectivity index is 1.48. The van der Waals surface area contributed by atoms with E-state index in [0.29, 0.717) is 5.69 Å². The number of hydrogen-bond donors (Lipinski definition) is 1. The lowest BCUT2D eigenvalue weighted by atomic mass is 9.88. The zero-order valence-corrected chi connectivity index (χ0v) is 13.6. The van der Waals surface area contributed by atoms with E-state index in [9.17, 15) is 4.79 Å². The van der Waals surface area contributed by atoms with Gasteiger partial charge in [0, 0.05) is 32.4 Å². The van der Waals surface area contributed by atoms with Gasteiger partial charge in [0.25, 0.3) is 5.91 Å². The number of carbonyl (C=O) groups is 1. The monoisotopic (exact) mass is 304 g/mol. The Kier molecular flexibility index (Phi) is 5.13. The van der Waals surface area contributed by atoms with Crippen molar-refractivity contribution in [3.05, 3.63) is 18.0 Å². The minimum absolute atomic E-state index is 0.0369. The molecule has 0 spiro atoms. The molecule has 1 unspecified atom stereocenters. The number of piperidine rings is 1. The van der Waals surface area contributed by atoms with Crippen LogP contribution in [0, 0.1) is 5.92 Å². The van der Waals surface area contributed by atoms with Crippen molar-refractivity contribution in [3.63, 3.8) is 0 Å². The molecule has 1 saturated carbocycles. The molecule has 1 saturated heterocycles. The van der Waals surface area contributed by atoms with Crippen LogP contribution in [0.1, 0.15) is 55.4 Å². The molecular formula is C17H28N4O. The minimum Gasteiger partial charge on any atom is -0.347 e. The molecule has 0 aromatic carbocycles. The first-order valence-electron chi connectivity index (χ1n) is 8.73. The fourth-order valence-corrected chi connectivity index (χ4v) is 3.87. The van der Waals surface area contributed by atoms with E-state index in [1.807, 2.05) is 13.2 Å². The second-order valence-electron chi connectivity index (χ2n) is 6.95. The van der Waals surface area contributed by atoms with E-state index in [0.717, 1.165) is 18.9 Å². The molecule has 1 amide bonds. The molecule has 1 aliphatic carbocycles. The molecule has 1 aromatic rings. The van der Waals surface area contributed by atoms with E-state index in [1.54, 1.807) is 10.7 Å². The zero-order chi connectivity index (χ0) is 15.4. The maximum absolute atomic E-state index is 12.2. The van der Waals surface area contributed by atoms with E-state index < -0.39 is 0 Å². The third kappa shape index (κ3) is 4.09. The summed E-state index contributed by atoms with van der Waals surface area (Å²) in [7, 11) is 1.84.